The number of aliphatic hydroxyl groups excluding tert-OH is 1. The van der Waals surface area contributed by atoms with Crippen LogP contribution in [0.2, 0.25) is 0 Å². The van der Waals surface area contributed by atoms with Gasteiger partial charge in [-0.1, -0.05) is 18.2 Å². The van der Waals surface area contributed by atoms with E-state index in [4.69, 9.17) is 0 Å². The van der Waals surface area contributed by atoms with Gasteiger partial charge < -0.3 is 20.0 Å². The van der Waals surface area contributed by atoms with E-state index in [9.17, 15) is 24.2 Å². The number of hydrogen-bond acceptors (Lipinski definition) is 5. The first kappa shape index (κ1) is 22.5. The summed E-state index contributed by atoms with van der Waals surface area (Å²) in [6.45, 7) is 4.50. The van der Waals surface area contributed by atoms with Gasteiger partial charge in [0.25, 0.3) is 11.7 Å². The molecule has 2 N–H and O–H groups in total. The van der Waals surface area contributed by atoms with Crippen molar-refractivity contribution < 1.29 is 24.2 Å². The number of rotatable bonds is 6. The SMILES string of the molecule is Cc1cc(O)c(/C(O)=C2\C(=O)C(=O)N(CCCN(C)C)C2c2ccccc2F)cc1C. The van der Waals surface area contributed by atoms with Crippen LogP contribution in [0.25, 0.3) is 5.76 Å². The van der Waals surface area contributed by atoms with Crippen LogP contribution >= 0.6 is 0 Å². The number of ketones is 1. The van der Waals surface area contributed by atoms with Crippen molar-refractivity contribution in [2.45, 2.75) is 26.3 Å². The molecule has 164 valence electrons. The Labute approximate surface area is 181 Å². The molecule has 0 bridgehead atoms. The van der Waals surface area contributed by atoms with Gasteiger partial charge in [0.15, 0.2) is 0 Å². The Hall–Kier alpha value is -3.19. The molecule has 1 aliphatic heterocycles. The van der Waals surface area contributed by atoms with Crippen LogP contribution in [0.5, 0.6) is 5.75 Å². The number of amides is 1. The van der Waals surface area contributed by atoms with Gasteiger partial charge in [-0.2, -0.15) is 0 Å². The van der Waals surface area contributed by atoms with Gasteiger partial charge in [-0.05, 0) is 70.2 Å². The third-order valence-corrected chi connectivity index (χ3v) is 5.61. The molecule has 1 fully saturated rings. The molecule has 1 aliphatic rings. The standard InChI is InChI=1S/C24H27FN2O4/c1-14-12-17(19(28)13-15(14)2)22(29)20-21(16-8-5-6-9-18(16)25)27(24(31)23(20)30)11-7-10-26(3)4/h5-6,8-9,12-13,21,28-29H,7,10-11H2,1-4H3/b22-20+. The van der Waals surface area contributed by atoms with E-state index in [-0.39, 0.29) is 29.0 Å². The number of aromatic hydroxyl groups is 1. The Morgan fingerprint density at radius 2 is 1.77 bits per heavy atom. The third kappa shape index (κ3) is 4.32. The number of Topliss-reactive ketones (excluding diaryl/α,β-unsaturated/α-hetero) is 1. The summed E-state index contributed by atoms with van der Waals surface area (Å²) in [5, 5.41) is 21.4. The normalized spacial score (nSPS) is 18.3. The highest BCUT2D eigenvalue weighted by Gasteiger charge is 2.46. The van der Waals surface area contributed by atoms with Crippen molar-refractivity contribution in [3.05, 3.63) is 70.0 Å². The van der Waals surface area contributed by atoms with E-state index in [2.05, 4.69) is 0 Å². The monoisotopic (exact) mass is 426 g/mol. The van der Waals surface area contributed by atoms with Gasteiger partial charge in [0, 0.05) is 12.1 Å². The Morgan fingerprint density at radius 1 is 1.13 bits per heavy atom. The van der Waals surface area contributed by atoms with Crippen LogP contribution < -0.4 is 0 Å². The second-order valence-corrected chi connectivity index (χ2v) is 8.12. The molecule has 0 saturated carbocycles. The van der Waals surface area contributed by atoms with Crippen LogP contribution in [0, 0.1) is 19.7 Å². The zero-order valence-corrected chi connectivity index (χ0v) is 18.1. The average molecular weight is 426 g/mol. The molecular formula is C24H27FN2O4. The number of carbonyl (C=O) groups excluding carboxylic acids is 2. The van der Waals surface area contributed by atoms with Gasteiger partial charge >= 0.3 is 0 Å². The minimum atomic E-state index is -1.08. The van der Waals surface area contributed by atoms with E-state index >= 15 is 0 Å². The number of hydrogen-bond donors (Lipinski definition) is 2. The molecule has 1 atom stereocenters. The number of nitrogens with zero attached hydrogens (tertiary/aromatic N) is 2. The first-order valence-electron chi connectivity index (χ1n) is 10.1. The fraction of sp³-hybridized carbons (Fsp3) is 0.333. The number of halogens is 1. The first-order valence-corrected chi connectivity index (χ1v) is 10.1. The highest BCUT2D eigenvalue weighted by molar-refractivity contribution is 6.46. The van der Waals surface area contributed by atoms with Crippen LogP contribution in [-0.2, 0) is 9.59 Å². The molecule has 6 nitrogen and oxygen atoms in total. The van der Waals surface area contributed by atoms with Gasteiger partial charge in [0.1, 0.15) is 17.3 Å². The maximum absolute atomic E-state index is 14.7. The van der Waals surface area contributed by atoms with Crippen molar-refractivity contribution in [1.29, 1.82) is 0 Å². The summed E-state index contributed by atoms with van der Waals surface area (Å²) in [6.07, 6.45) is 0.569. The molecule has 0 aromatic heterocycles. The summed E-state index contributed by atoms with van der Waals surface area (Å²) >= 11 is 0. The van der Waals surface area contributed by atoms with E-state index in [0.29, 0.717) is 13.0 Å². The lowest BCUT2D eigenvalue weighted by atomic mass is 9.93. The van der Waals surface area contributed by atoms with Gasteiger partial charge in [-0.25, -0.2) is 4.39 Å². The zero-order valence-electron chi connectivity index (χ0n) is 18.1. The molecule has 0 spiro atoms. The molecule has 7 heteroatoms. The Bertz CT molecular complexity index is 1060. The van der Waals surface area contributed by atoms with Crippen molar-refractivity contribution >= 4 is 17.4 Å². The van der Waals surface area contributed by atoms with Gasteiger partial charge in [0.05, 0.1) is 17.2 Å². The zero-order chi connectivity index (χ0) is 22.9. The van der Waals surface area contributed by atoms with Crippen molar-refractivity contribution in [2.24, 2.45) is 0 Å². The molecule has 3 rings (SSSR count). The predicted molar refractivity (Wildman–Crippen MR) is 116 cm³/mol. The summed E-state index contributed by atoms with van der Waals surface area (Å²) in [6, 6.07) is 7.84. The smallest absolute Gasteiger partial charge is 0.295 e. The summed E-state index contributed by atoms with van der Waals surface area (Å²) in [5.41, 5.74) is 1.54. The summed E-state index contributed by atoms with van der Waals surface area (Å²) in [5.74, 6) is -3.00. The van der Waals surface area contributed by atoms with Crippen molar-refractivity contribution in [1.82, 2.24) is 9.80 Å². The Morgan fingerprint density at radius 3 is 2.42 bits per heavy atom. The maximum atomic E-state index is 14.7. The molecule has 1 saturated heterocycles. The number of phenols is 1. The Balaban J connectivity index is 2.18. The number of phenolic OH excluding ortho intramolecular Hbond substituents is 1. The molecule has 0 radical (unpaired) electrons. The van der Waals surface area contributed by atoms with Crippen molar-refractivity contribution in [3.8, 4) is 5.75 Å². The van der Waals surface area contributed by atoms with E-state index in [1.54, 1.807) is 19.1 Å². The summed E-state index contributed by atoms with van der Waals surface area (Å²) < 4.78 is 14.7. The van der Waals surface area contributed by atoms with E-state index in [0.717, 1.165) is 11.1 Å². The minimum Gasteiger partial charge on any atom is -0.507 e. The number of aryl methyl sites for hydroxylation is 2. The van der Waals surface area contributed by atoms with Crippen LogP contribution in [0.3, 0.4) is 0 Å². The molecule has 1 unspecified atom stereocenters. The lowest BCUT2D eigenvalue weighted by Crippen LogP contribution is -2.32. The highest BCUT2D eigenvalue weighted by atomic mass is 19.1. The fourth-order valence-corrected chi connectivity index (χ4v) is 3.82. The second-order valence-electron chi connectivity index (χ2n) is 8.12. The molecular weight excluding hydrogens is 399 g/mol. The molecule has 1 amide bonds. The fourth-order valence-electron chi connectivity index (χ4n) is 3.82. The molecule has 2 aromatic carbocycles. The summed E-state index contributed by atoms with van der Waals surface area (Å²) in [4.78, 5) is 29.1. The topological polar surface area (TPSA) is 81.1 Å². The van der Waals surface area contributed by atoms with E-state index < -0.39 is 29.3 Å². The highest BCUT2D eigenvalue weighted by Crippen LogP contribution is 2.41. The lowest BCUT2D eigenvalue weighted by Gasteiger charge is -2.26. The van der Waals surface area contributed by atoms with Gasteiger partial charge in [-0.15, -0.1) is 0 Å². The number of aliphatic hydroxyl groups is 1. The van der Waals surface area contributed by atoms with Crippen LogP contribution in [0.1, 0.15) is 34.7 Å². The maximum Gasteiger partial charge on any atom is 0.295 e. The van der Waals surface area contributed by atoms with Crippen LogP contribution in [0.4, 0.5) is 4.39 Å². The molecule has 0 aliphatic carbocycles. The van der Waals surface area contributed by atoms with Gasteiger partial charge in [-0.3, -0.25) is 9.59 Å². The first-order chi connectivity index (χ1) is 14.6. The molecule has 2 aromatic rings. The summed E-state index contributed by atoms with van der Waals surface area (Å²) in [7, 11) is 3.79. The van der Waals surface area contributed by atoms with E-state index in [1.807, 2.05) is 25.9 Å². The van der Waals surface area contributed by atoms with Crippen molar-refractivity contribution in [3.63, 3.8) is 0 Å². The lowest BCUT2D eigenvalue weighted by molar-refractivity contribution is -0.140. The largest absolute Gasteiger partial charge is 0.507 e. The van der Waals surface area contributed by atoms with Crippen LogP contribution in [0.15, 0.2) is 42.0 Å². The minimum absolute atomic E-state index is 0.0377. The molecule has 31 heavy (non-hydrogen) atoms. The number of carbonyl (C=O) groups is 2. The van der Waals surface area contributed by atoms with Gasteiger partial charge in [0.2, 0.25) is 0 Å². The quantitative estimate of drug-likeness (QED) is 0.420. The van der Waals surface area contributed by atoms with E-state index in [1.165, 1.54) is 29.2 Å². The number of benzene rings is 2. The number of likely N-dealkylation sites (tertiary alicyclic amines) is 1. The third-order valence-electron chi connectivity index (χ3n) is 5.61. The average Bonchev–Trinajstić information content (AvgIpc) is 2.95. The predicted octanol–water partition coefficient (Wildman–Crippen LogP) is 3.52. The molecule has 1 heterocycles. The van der Waals surface area contributed by atoms with Crippen molar-refractivity contribution in [2.75, 3.05) is 27.2 Å². The van der Waals surface area contributed by atoms with Crippen LogP contribution in [-0.4, -0.2) is 58.9 Å². The Kier molecular flexibility index (Phi) is 6.45. The second kappa shape index (κ2) is 8.89.